The molecule has 0 atom stereocenters. The monoisotopic (exact) mass is 226 g/mol. The Hall–Kier alpha value is -0.570. The highest BCUT2D eigenvalue weighted by molar-refractivity contribution is 6.31. The number of hydrogen-bond donors (Lipinski definition) is 0. The first-order valence-electron chi connectivity index (χ1n) is 4.97. The van der Waals surface area contributed by atoms with Gasteiger partial charge in [-0.3, -0.25) is 4.90 Å². The lowest BCUT2D eigenvalue weighted by Crippen LogP contribution is -2.22. The second-order valence-electron chi connectivity index (χ2n) is 3.72. The summed E-state index contributed by atoms with van der Waals surface area (Å²) in [5.74, 6) is 0. The molecular formula is C12H17ClNO. The van der Waals surface area contributed by atoms with Crippen LogP contribution in [0.4, 0.5) is 0 Å². The van der Waals surface area contributed by atoms with Crippen LogP contribution in [0.2, 0.25) is 5.02 Å². The molecular weight excluding hydrogens is 210 g/mol. The molecule has 0 N–H and O–H groups in total. The Labute approximate surface area is 96.8 Å². The van der Waals surface area contributed by atoms with Crippen molar-refractivity contribution in [3.05, 3.63) is 34.3 Å². The molecule has 2 nitrogen and oxygen atoms in total. The molecule has 1 rings (SSSR count). The highest BCUT2D eigenvalue weighted by Crippen LogP contribution is 2.18. The quantitative estimate of drug-likeness (QED) is 0.765. The highest BCUT2D eigenvalue weighted by Gasteiger charge is 2.04. The van der Waals surface area contributed by atoms with E-state index >= 15 is 0 Å². The molecule has 0 aromatic heterocycles. The van der Waals surface area contributed by atoms with Gasteiger partial charge in [-0.2, -0.15) is 0 Å². The summed E-state index contributed by atoms with van der Waals surface area (Å²) in [5.41, 5.74) is 2.18. The molecule has 1 aromatic carbocycles. The lowest BCUT2D eigenvalue weighted by Gasteiger charge is -2.16. The molecule has 0 aliphatic rings. The van der Waals surface area contributed by atoms with Gasteiger partial charge in [0.15, 0.2) is 0 Å². The highest BCUT2D eigenvalue weighted by atomic mass is 35.5. The van der Waals surface area contributed by atoms with Crippen molar-refractivity contribution in [1.29, 1.82) is 0 Å². The Morgan fingerprint density at radius 3 is 2.87 bits per heavy atom. The number of hydrogen-bond acceptors (Lipinski definition) is 2. The number of methoxy groups -OCH3 is 1. The van der Waals surface area contributed by atoms with Gasteiger partial charge in [0.1, 0.15) is 0 Å². The Balaban J connectivity index is 2.56. The summed E-state index contributed by atoms with van der Waals surface area (Å²) in [4.78, 5) is 2.17. The molecule has 0 bridgehead atoms. The van der Waals surface area contributed by atoms with E-state index < -0.39 is 0 Å². The van der Waals surface area contributed by atoms with Gasteiger partial charge in [-0.05, 0) is 43.3 Å². The van der Waals surface area contributed by atoms with Crippen molar-refractivity contribution < 1.29 is 4.74 Å². The van der Waals surface area contributed by atoms with Crippen LogP contribution in [0.15, 0.2) is 12.1 Å². The molecule has 3 heteroatoms. The number of benzene rings is 1. The molecule has 0 saturated heterocycles. The van der Waals surface area contributed by atoms with Crippen LogP contribution < -0.4 is 0 Å². The molecule has 0 fully saturated rings. The number of rotatable bonds is 5. The Morgan fingerprint density at radius 1 is 1.53 bits per heavy atom. The fourth-order valence-electron chi connectivity index (χ4n) is 1.33. The summed E-state index contributed by atoms with van der Waals surface area (Å²) in [7, 11) is 3.76. The third-order valence-electron chi connectivity index (χ3n) is 2.24. The SMILES string of the molecule is COCCN(C)Cc1c[c]c(C)cc1Cl. The van der Waals surface area contributed by atoms with Crippen LogP contribution in [-0.4, -0.2) is 32.2 Å². The van der Waals surface area contributed by atoms with E-state index in [1.165, 1.54) is 0 Å². The maximum absolute atomic E-state index is 6.13. The molecule has 0 aliphatic carbocycles. The average Bonchev–Trinajstić information content (AvgIpc) is 2.19. The van der Waals surface area contributed by atoms with Crippen molar-refractivity contribution in [2.45, 2.75) is 13.5 Å². The number of ether oxygens (including phenoxy) is 1. The molecule has 1 radical (unpaired) electrons. The van der Waals surface area contributed by atoms with Gasteiger partial charge in [-0.15, -0.1) is 0 Å². The second-order valence-corrected chi connectivity index (χ2v) is 4.13. The smallest absolute Gasteiger partial charge is 0.0589 e. The van der Waals surface area contributed by atoms with Gasteiger partial charge < -0.3 is 4.74 Å². The van der Waals surface area contributed by atoms with Crippen molar-refractivity contribution in [3.63, 3.8) is 0 Å². The van der Waals surface area contributed by atoms with E-state index in [1.807, 2.05) is 19.1 Å². The molecule has 1 aromatic rings. The van der Waals surface area contributed by atoms with Crippen LogP contribution in [0.25, 0.3) is 0 Å². The minimum atomic E-state index is 0.740. The first kappa shape index (κ1) is 12.5. The van der Waals surface area contributed by atoms with Crippen LogP contribution in [0.5, 0.6) is 0 Å². The average molecular weight is 227 g/mol. The van der Waals surface area contributed by atoms with Gasteiger partial charge in [0, 0.05) is 25.2 Å². The maximum atomic E-state index is 6.13. The van der Waals surface area contributed by atoms with Gasteiger partial charge >= 0.3 is 0 Å². The van der Waals surface area contributed by atoms with Gasteiger partial charge in [0.25, 0.3) is 0 Å². The number of halogens is 1. The van der Waals surface area contributed by atoms with E-state index in [2.05, 4.69) is 18.0 Å². The third kappa shape index (κ3) is 4.20. The van der Waals surface area contributed by atoms with Crippen LogP contribution in [-0.2, 0) is 11.3 Å². The molecule has 0 unspecified atom stereocenters. The minimum Gasteiger partial charge on any atom is -0.383 e. The van der Waals surface area contributed by atoms with Crippen molar-refractivity contribution in [3.8, 4) is 0 Å². The van der Waals surface area contributed by atoms with E-state index in [-0.39, 0.29) is 0 Å². The third-order valence-corrected chi connectivity index (χ3v) is 2.59. The standard InChI is InChI=1S/C12H17ClNO/c1-10-4-5-11(12(13)8-10)9-14(2)6-7-15-3/h5,8H,6-7,9H2,1-3H3. The Kier molecular flexibility index (Phi) is 5.09. The van der Waals surface area contributed by atoms with Crippen molar-refractivity contribution in [2.24, 2.45) is 0 Å². The normalized spacial score (nSPS) is 11.0. The van der Waals surface area contributed by atoms with Gasteiger partial charge in [-0.1, -0.05) is 11.6 Å². The molecule has 0 amide bonds. The van der Waals surface area contributed by atoms with Crippen LogP contribution >= 0.6 is 11.6 Å². The molecule has 15 heavy (non-hydrogen) atoms. The van der Waals surface area contributed by atoms with Gasteiger partial charge in [0.05, 0.1) is 6.61 Å². The first-order valence-corrected chi connectivity index (χ1v) is 5.35. The topological polar surface area (TPSA) is 12.5 Å². The van der Waals surface area contributed by atoms with E-state index in [0.717, 1.165) is 35.8 Å². The van der Waals surface area contributed by atoms with E-state index in [0.29, 0.717) is 0 Å². The zero-order chi connectivity index (χ0) is 11.3. The van der Waals surface area contributed by atoms with Crippen molar-refractivity contribution >= 4 is 11.6 Å². The summed E-state index contributed by atoms with van der Waals surface area (Å²) in [6.07, 6.45) is 0. The summed E-state index contributed by atoms with van der Waals surface area (Å²) >= 11 is 6.13. The van der Waals surface area contributed by atoms with Crippen LogP contribution in [0.1, 0.15) is 11.1 Å². The molecule has 0 heterocycles. The Bertz CT molecular complexity index is 314. The van der Waals surface area contributed by atoms with Crippen molar-refractivity contribution in [2.75, 3.05) is 27.3 Å². The fraction of sp³-hybridized carbons (Fsp3) is 0.500. The Morgan fingerprint density at radius 2 is 2.27 bits per heavy atom. The predicted molar refractivity (Wildman–Crippen MR) is 63.2 cm³/mol. The first-order chi connectivity index (χ1) is 7.13. The zero-order valence-electron chi connectivity index (χ0n) is 9.51. The molecule has 0 aliphatic heterocycles. The summed E-state index contributed by atoms with van der Waals surface area (Å²) in [6, 6.07) is 7.06. The number of likely N-dealkylation sites (N-methyl/N-ethyl adjacent to an activating group) is 1. The van der Waals surface area contributed by atoms with E-state index in [1.54, 1.807) is 7.11 Å². The van der Waals surface area contributed by atoms with E-state index in [4.69, 9.17) is 16.3 Å². The zero-order valence-corrected chi connectivity index (χ0v) is 10.3. The largest absolute Gasteiger partial charge is 0.383 e. The van der Waals surface area contributed by atoms with Crippen molar-refractivity contribution in [1.82, 2.24) is 4.90 Å². The van der Waals surface area contributed by atoms with Gasteiger partial charge in [0.2, 0.25) is 0 Å². The molecule has 83 valence electrons. The minimum absolute atomic E-state index is 0.740. The predicted octanol–water partition coefficient (Wildman–Crippen LogP) is 2.53. The maximum Gasteiger partial charge on any atom is 0.0589 e. The number of nitrogens with zero attached hydrogens (tertiary/aromatic N) is 1. The molecule has 0 spiro atoms. The van der Waals surface area contributed by atoms with Gasteiger partial charge in [-0.25, -0.2) is 0 Å². The summed E-state index contributed by atoms with van der Waals surface area (Å²) in [6.45, 7) is 4.47. The lowest BCUT2D eigenvalue weighted by molar-refractivity contribution is 0.158. The fourth-order valence-corrected chi connectivity index (χ4v) is 1.61. The van der Waals surface area contributed by atoms with Crippen LogP contribution in [0.3, 0.4) is 0 Å². The van der Waals surface area contributed by atoms with Crippen LogP contribution in [0, 0.1) is 13.0 Å². The van der Waals surface area contributed by atoms with E-state index in [9.17, 15) is 0 Å². The summed E-state index contributed by atoms with van der Waals surface area (Å²) in [5, 5.41) is 0.815. The number of aryl methyl sites for hydroxylation is 1. The molecule has 0 saturated carbocycles. The second kappa shape index (κ2) is 6.11. The summed E-state index contributed by atoms with van der Waals surface area (Å²) < 4.78 is 5.02. The lowest BCUT2D eigenvalue weighted by atomic mass is 10.1.